The monoisotopic (exact) mass is 796 g/mol. The number of hydrogen-bond donors (Lipinski definition) is 9. The van der Waals surface area contributed by atoms with Gasteiger partial charge in [-0.2, -0.15) is 0 Å². The molecule has 7 rings (SSSR count). The van der Waals surface area contributed by atoms with Crippen LogP contribution >= 0.6 is 0 Å². The Morgan fingerprint density at radius 2 is 1.48 bits per heavy atom. The Balaban J connectivity index is 1.21. The van der Waals surface area contributed by atoms with E-state index in [9.17, 15) is 55.5 Å². The third-order valence-electron chi connectivity index (χ3n) is 17.0. The lowest BCUT2D eigenvalue weighted by molar-refractivity contribution is -0.308. The van der Waals surface area contributed by atoms with Crippen LogP contribution in [0.3, 0.4) is 0 Å². The second-order valence-electron chi connectivity index (χ2n) is 20.1. The van der Waals surface area contributed by atoms with E-state index in [2.05, 4.69) is 40.7 Å². The lowest BCUT2D eigenvalue weighted by Crippen LogP contribution is -2.69. The molecule has 0 radical (unpaired) electrons. The van der Waals surface area contributed by atoms with Gasteiger partial charge in [-0.3, -0.25) is 9.59 Å². The van der Waals surface area contributed by atoms with E-state index in [1.807, 2.05) is 0 Å². The summed E-state index contributed by atoms with van der Waals surface area (Å²) in [6, 6.07) is 0. The predicted octanol–water partition coefficient (Wildman–Crippen LogP) is 0.991. The highest BCUT2D eigenvalue weighted by atomic mass is 16.7. The molecule has 4 saturated carbocycles. The molecular formula is C41H64O15. The molecule has 19 atom stereocenters. The Labute approximate surface area is 328 Å². The Morgan fingerprint density at radius 3 is 2.14 bits per heavy atom. The number of esters is 1. The second-order valence-corrected chi connectivity index (χ2v) is 20.1. The van der Waals surface area contributed by atoms with E-state index in [1.165, 1.54) is 0 Å². The largest absolute Gasteiger partial charge is 0.481 e. The van der Waals surface area contributed by atoms with E-state index in [0.717, 1.165) is 5.57 Å². The van der Waals surface area contributed by atoms with E-state index in [4.69, 9.17) is 18.9 Å². The average molecular weight is 797 g/mol. The van der Waals surface area contributed by atoms with Gasteiger partial charge in [-0.05, 0) is 104 Å². The number of carbonyl (C=O) groups excluding carboxylic acids is 1. The van der Waals surface area contributed by atoms with Crippen molar-refractivity contribution >= 4 is 11.9 Å². The summed E-state index contributed by atoms with van der Waals surface area (Å²) in [4.78, 5) is 28.0. The summed E-state index contributed by atoms with van der Waals surface area (Å²) in [5.74, 6) is -2.57. The van der Waals surface area contributed by atoms with Crippen molar-refractivity contribution in [1.29, 1.82) is 0 Å². The first-order valence-corrected chi connectivity index (χ1v) is 20.5. The smallest absolute Gasteiger partial charge is 0.317 e. The lowest BCUT2D eigenvalue weighted by Gasteiger charge is -2.71. The highest BCUT2D eigenvalue weighted by Crippen LogP contribution is 2.76. The molecule has 2 heterocycles. The Morgan fingerprint density at radius 1 is 0.804 bits per heavy atom. The topological polar surface area (TPSA) is 253 Å². The lowest BCUT2D eigenvalue weighted by atomic mass is 9.33. The molecule has 2 aliphatic heterocycles. The SMILES string of the molecule is CC1(C)CC[C@]2(C(=O)O[C@@H]3O[C@H](CO)[C@@H](O)[C@H](O)[C@H]3O)[C@H](O)C[C@]3(C)C(=CC[C@@H]4[C@@]5(C)CC[C@H](O[C@@H]6OC[C@@H](O)[C@H](O)[C@H]6O)[C@@](C)(C(=O)O)[C@H]5CC[C@]43C)[C@@H]2C1. The van der Waals surface area contributed by atoms with Gasteiger partial charge in [-0.25, -0.2) is 0 Å². The first-order valence-electron chi connectivity index (χ1n) is 20.5. The fraction of sp³-hybridized carbons (Fsp3) is 0.902. The van der Waals surface area contributed by atoms with Crippen LogP contribution in [0.15, 0.2) is 11.6 Å². The summed E-state index contributed by atoms with van der Waals surface area (Å²) in [6.07, 6.45) is -8.96. The number of fused-ring (bicyclic) bond motifs is 7. The van der Waals surface area contributed by atoms with Gasteiger partial charge in [0.2, 0.25) is 6.29 Å². The number of carboxylic acids is 1. The molecule has 5 aliphatic carbocycles. The predicted molar refractivity (Wildman–Crippen MR) is 195 cm³/mol. The number of ether oxygens (including phenoxy) is 4. The number of allylic oxidation sites excluding steroid dienone is 2. The molecule has 2 saturated heterocycles. The van der Waals surface area contributed by atoms with E-state index < -0.39 is 119 Å². The normalized spacial score (nSPS) is 54.0. The highest BCUT2D eigenvalue weighted by Gasteiger charge is 2.73. The molecule has 6 fully saturated rings. The van der Waals surface area contributed by atoms with Gasteiger partial charge >= 0.3 is 11.9 Å². The van der Waals surface area contributed by atoms with Crippen LogP contribution in [0.4, 0.5) is 0 Å². The zero-order valence-corrected chi connectivity index (χ0v) is 33.4. The van der Waals surface area contributed by atoms with E-state index in [-0.39, 0.29) is 30.3 Å². The summed E-state index contributed by atoms with van der Waals surface area (Å²) in [7, 11) is 0. The van der Waals surface area contributed by atoms with Gasteiger partial charge in [0.25, 0.3) is 0 Å². The third-order valence-corrected chi connectivity index (χ3v) is 17.0. The van der Waals surface area contributed by atoms with Crippen molar-refractivity contribution in [3.63, 3.8) is 0 Å². The molecule has 15 nitrogen and oxygen atoms in total. The molecule has 15 heteroatoms. The van der Waals surface area contributed by atoms with Crippen LogP contribution in [0.1, 0.15) is 99.3 Å². The number of carboxylic acid groups (broad SMARTS) is 1. The molecule has 0 aromatic heterocycles. The van der Waals surface area contributed by atoms with Gasteiger partial charge in [0.05, 0.1) is 30.8 Å². The minimum atomic E-state index is -1.78. The van der Waals surface area contributed by atoms with Crippen LogP contribution in [0, 0.1) is 50.2 Å². The molecule has 56 heavy (non-hydrogen) atoms. The van der Waals surface area contributed by atoms with Crippen LogP contribution in [0.25, 0.3) is 0 Å². The Bertz CT molecular complexity index is 1570. The first-order chi connectivity index (χ1) is 26.0. The van der Waals surface area contributed by atoms with Crippen LogP contribution < -0.4 is 0 Å². The van der Waals surface area contributed by atoms with Gasteiger partial charge in [0.1, 0.15) is 48.1 Å². The van der Waals surface area contributed by atoms with Crippen LogP contribution in [0.5, 0.6) is 0 Å². The van der Waals surface area contributed by atoms with Crippen molar-refractivity contribution < 1.29 is 74.5 Å². The third kappa shape index (κ3) is 5.92. The molecule has 9 N–H and O–H groups in total. The van der Waals surface area contributed by atoms with E-state index >= 15 is 0 Å². The van der Waals surface area contributed by atoms with Gasteiger partial charge in [-0.15, -0.1) is 0 Å². The summed E-state index contributed by atoms with van der Waals surface area (Å²) < 4.78 is 23.2. The van der Waals surface area contributed by atoms with Gasteiger partial charge in [-0.1, -0.05) is 46.3 Å². The average Bonchev–Trinajstić information content (AvgIpc) is 3.13. The zero-order chi connectivity index (χ0) is 41.1. The first kappa shape index (κ1) is 42.4. The summed E-state index contributed by atoms with van der Waals surface area (Å²) >= 11 is 0. The number of aliphatic hydroxyl groups is 8. The minimum Gasteiger partial charge on any atom is -0.481 e. The zero-order valence-electron chi connectivity index (χ0n) is 33.4. The number of rotatable bonds is 6. The molecule has 0 spiro atoms. The summed E-state index contributed by atoms with van der Waals surface area (Å²) in [6.45, 7) is 11.7. The van der Waals surface area contributed by atoms with E-state index in [1.54, 1.807) is 6.92 Å². The van der Waals surface area contributed by atoms with Crippen molar-refractivity contribution in [2.24, 2.45) is 50.2 Å². The molecule has 7 aliphatic rings. The fourth-order valence-electron chi connectivity index (χ4n) is 13.3. The Hall–Kier alpha value is -1.76. The van der Waals surface area contributed by atoms with Crippen LogP contribution in [-0.2, 0) is 28.5 Å². The van der Waals surface area contributed by atoms with Gasteiger partial charge in [0, 0.05) is 0 Å². The van der Waals surface area contributed by atoms with Crippen molar-refractivity contribution in [2.75, 3.05) is 13.2 Å². The second kappa shape index (κ2) is 14.2. The fourth-order valence-corrected chi connectivity index (χ4v) is 13.3. The maximum absolute atomic E-state index is 14.6. The van der Waals surface area contributed by atoms with E-state index in [0.29, 0.717) is 51.4 Å². The minimum absolute atomic E-state index is 0.00650. The van der Waals surface area contributed by atoms with Crippen LogP contribution in [-0.4, -0.2) is 139 Å². The number of aliphatic carboxylic acids is 1. The number of hydrogen-bond acceptors (Lipinski definition) is 14. The van der Waals surface area contributed by atoms with Crippen LogP contribution in [0.2, 0.25) is 0 Å². The van der Waals surface area contributed by atoms with Gasteiger partial charge < -0.3 is 64.9 Å². The van der Waals surface area contributed by atoms with Crippen molar-refractivity contribution in [1.82, 2.24) is 0 Å². The summed E-state index contributed by atoms with van der Waals surface area (Å²) in [5.41, 5.74) is -3.40. The molecule has 318 valence electrons. The standard InChI is InChI=1S/C41H64O15/c1-36(2)13-14-41(35(52)56-33-31(49)29(47)28(46)22(17-42)54-33)20(15-36)19-7-8-23-37(3)11-10-26(55-32-30(48)27(45)21(43)18-53-32)40(6,34(50)51)24(37)9-12-38(23,4)39(19,5)16-25(41)44/h7,20-33,42-49H,8-18H2,1-6H3,(H,50,51)/t20-,21+,22+,23+,24-,25+,26-,27-,28+,29-,30+,31+,32-,33-,37+,38+,39+,40-,41+/m0/s1. The van der Waals surface area contributed by atoms with Crippen molar-refractivity contribution in [2.45, 2.75) is 167 Å². The van der Waals surface area contributed by atoms with Crippen molar-refractivity contribution in [3.05, 3.63) is 11.6 Å². The molecule has 0 bridgehead atoms. The molecular weight excluding hydrogens is 732 g/mol. The van der Waals surface area contributed by atoms with Crippen molar-refractivity contribution in [3.8, 4) is 0 Å². The molecule has 0 aromatic carbocycles. The maximum atomic E-state index is 14.6. The molecule has 0 unspecified atom stereocenters. The molecule has 0 aromatic rings. The summed E-state index contributed by atoms with van der Waals surface area (Å²) in [5, 5.41) is 95.7. The van der Waals surface area contributed by atoms with Gasteiger partial charge in [0.15, 0.2) is 6.29 Å². The Kier molecular flexibility index (Phi) is 10.7. The quantitative estimate of drug-likeness (QED) is 0.103. The maximum Gasteiger partial charge on any atom is 0.317 e. The number of carbonyl (C=O) groups is 2. The highest BCUT2D eigenvalue weighted by molar-refractivity contribution is 5.80. The molecule has 0 amide bonds. The number of aliphatic hydroxyl groups excluding tert-OH is 8.